The van der Waals surface area contributed by atoms with E-state index in [0.717, 1.165) is 32.1 Å². The van der Waals surface area contributed by atoms with Crippen molar-refractivity contribution in [1.82, 2.24) is 10.2 Å². The molecule has 1 fully saturated rings. The zero-order valence-corrected chi connectivity index (χ0v) is 10.3. The molecule has 0 bridgehead atoms. The first-order chi connectivity index (χ1) is 7.29. The smallest absolute Gasteiger partial charge is 0.0478 e. The number of piperidine rings is 1. The van der Waals surface area contributed by atoms with Crippen molar-refractivity contribution >= 4 is 0 Å². The molecule has 1 saturated heterocycles. The Morgan fingerprint density at radius 2 is 2.20 bits per heavy atom. The second kappa shape index (κ2) is 8.08. The first kappa shape index (κ1) is 12.9. The average Bonchev–Trinajstić information content (AvgIpc) is 2.24. The fourth-order valence-electron chi connectivity index (χ4n) is 2.01. The van der Waals surface area contributed by atoms with E-state index in [1.807, 2.05) is 0 Å². The topological polar surface area (TPSA) is 24.5 Å². The van der Waals surface area contributed by atoms with E-state index in [9.17, 15) is 0 Å². The first-order valence-electron chi connectivity index (χ1n) is 6.22. The normalized spacial score (nSPS) is 22.2. The van der Waals surface area contributed by atoms with Crippen LogP contribution in [0.3, 0.4) is 0 Å². The van der Waals surface area contributed by atoms with Crippen molar-refractivity contribution in [3.8, 4) is 0 Å². The van der Waals surface area contributed by atoms with Crippen molar-refractivity contribution < 1.29 is 4.74 Å². The molecule has 0 radical (unpaired) electrons. The van der Waals surface area contributed by atoms with Crippen LogP contribution in [0, 0.1) is 5.92 Å². The van der Waals surface area contributed by atoms with Crippen LogP contribution in [0.2, 0.25) is 0 Å². The third-order valence-electron chi connectivity index (χ3n) is 2.96. The molecule has 1 aliphatic rings. The molecule has 1 N–H and O–H groups in total. The summed E-state index contributed by atoms with van der Waals surface area (Å²) < 4.78 is 5.63. The van der Waals surface area contributed by atoms with Crippen LogP contribution in [0.1, 0.15) is 25.7 Å². The van der Waals surface area contributed by atoms with Gasteiger partial charge < -0.3 is 15.0 Å². The molecule has 90 valence electrons. The Hall–Kier alpha value is -0.120. The molecule has 0 aromatic rings. The SMILES string of the molecule is CN(C)CCCOCCC1CCCNC1. The second-order valence-electron chi connectivity index (χ2n) is 4.77. The summed E-state index contributed by atoms with van der Waals surface area (Å²) in [6.45, 7) is 5.39. The van der Waals surface area contributed by atoms with Crippen LogP contribution in [0.15, 0.2) is 0 Å². The summed E-state index contributed by atoms with van der Waals surface area (Å²) in [4.78, 5) is 2.20. The van der Waals surface area contributed by atoms with Gasteiger partial charge in [-0.15, -0.1) is 0 Å². The van der Waals surface area contributed by atoms with Crippen molar-refractivity contribution in [2.75, 3.05) is 46.9 Å². The molecule has 1 rings (SSSR count). The van der Waals surface area contributed by atoms with E-state index in [0.29, 0.717) is 0 Å². The predicted molar refractivity (Wildman–Crippen MR) is 64.2 cm³/mol. The van der Waals surface area contributed by atoms with Gasteiger partial charge in [0.1, 0.15) is 0 Å². The number of rotatable bonds is 7. The van der Waals surface area contributed by atoms with Crippen molar-refractivity contribution in [3.05, 3.63) is 0 Å². The lowest BCUT2D eigenvalue weighted by Gasteiger charge is -2.22. The Morgan fingerprint density at radius 1 is 1.33 bits per heavy atom. The summed E-state index contributed by atoms with van der Waals surface area (Å²) in [6.07, 6.45) is 5.10. The average molecular weight is 214 g/mol. The van der Waals surface area contributed by atoms with Crippen LogP contribution in [0.5, 0.6) is 0 Å². The molecule has 1 unspecified atom stereocenters. The molecule has 0 aromatic carbocycles. The summed E-state index contributed by atoms with van der Waals surface area (Å²) in [5.74, 6) is 0.854. The molecule has 0 saturated carbocycles. The molecular weight excluding hydrogens is 188 g/mol. The standard InChI is InChI=1S/C12H26N2O/c1-14(2)8-4-9-15-10-6-12-5-3-7-13-11-12/h12-13H,3-11H2,1-2H3. The van der Waals surface area contributed by atoms with Gasteiger partial charge in [-0.05, 0) is 65.3 Å². The molecule has 1 heterocycles. The monoisotopic (exact) mass is 214 g/mol. The highest BCUT2D eigenvalue weighted by Crippen LogP contribution is 2.13. The zero-order chi connectivity index (χ0) is 10.9. The molecule has 3 nitrogen and oxygen atoms in total. The van der Waals surface area contributed by atoms with Gasteiger partial charge in [-0.1, -0.05) is 0 Å². The van der Waals surface area contributed by atoms with Crippen LogP contribution in [0.4, 0.5) is 0 Å². The van der Waals surface area contributed by atoms with E-state index in [4.69, 9.17) is 4.74 Å². The summed E-state index contributed by atoms with van der Waals surface area (Å²) in [7, 11) is 4.21. The van der Waals surface area contributed by atoms with Crippen LogP contribution in [-0.4, -0.2) is 51.8 Å². The predicted octanol–water partition coefficient (Wildman–Crippen LogP) is 1.34. The van der Waals surface area contributed by atoms with Gasteiger partial charge >= 0.3 is 0 Å². The maximum Gasteiger partial charge on any atom is 0.0478 e. The van der Waals surface area contributed by atoms with Gasteiger partial charge in [-0.3, -0.25) is 0 Å². The highest BCUT2D eigenvalue weighted by Gasteiger charge is 2.11. The minimum atomic E-state index is 0.854. The van der Waals surface area contributed by atoms with Crippen LogP contribution < -0.4 is 5.32 Å². The molecule has 1 atom stereocenters. The van der Waals surface area contributed by atoms with Crippen LogP contribution >= 0.6 is 0 Å². The molecule has 1 aliphatic heterocycles. The van der Waals surface area contributed by atoms with Crippen molar-refractivity contribution in [3.63, 3.8) is 0 Å². The van der Waals surface area contributed by atoms with E-state index in [-0.39, 0.29) is 0 Å². The highest BCUT2D eigenvalue weighted by molar-refractivity contribution is 4.68. The molecule has 0 amide bonds. The second-order valence-corrected chi connectivity index (χ2v) is 4.77. The number of hydrogen-bond donors (Lipinski definition) is 1. The molecular formula is C12H26N2O. The minimum absolute atomic E-state index is 0.854. The Morgan fingerprint density at radius 3 is 2.87 bits per heavy atom. The quantitative estimate of drug-likeness (QED) is 0.647. The van der Waals surface area contributed by atoms with E-state index >= 15 is 0 Å². The van der Waals surface area contributed by atoms with Crippen LogP contribution in [0.25, 0.3) is 0 Å². The number of nitrogens with zero attached hydrogens (tertiary/aromatic N) is 1. The van der Waals surface area contributed by atoms with E-state index in [1.165, 1.54) is 32.4 Å². The Balaban J connectivity index is 1.83. The van der Waals surface area contributed by atoms with Gasteiger partial charge in [-0.2, -0.15) is 0 Å². The molecule has 0 spiro atoms. The minimum Gasteiger partial charge on any atom is -0.381 e. The summed E-state index contributed by atoms with van der Waals surface area (Å²) in [5.41, 5.74) is 0. The third kappa shape index (κ3) is 6.88. The van der Waals surface area contributed by atoms with Gasteiger partial charge in [0.05, 0.1) is 0 Å². The van der Waals surface area contributed by atoms with Crippen molar-refractivity contribution in [2.24, 2.45) is 5.92 Å². The fourth-order valence-corrected chi connectivity index (χ4v) is 2.01. The lowest BCUT2D eigenvalue weighted by molar-refractivity contribution is 0.109. The molecule has 15 heavy (non-hydrogen) atoms. The Bertz CT molecular complexity index is 145. The summed E-state index contributed by atoms with van der Waals surface area (Å²) in [5, 5.41) is 3.44. The van der Waals surface area contributed by atoms with Crippen LogP contribution in [-0.2, 0) is 4.74 Å². The van der Waals surface area contributed by atoms with Gasteiger partial charge in [0.15, 0.2) is 0 Å². The van der Waals surface area contributed by atoms with Gasteiger partial charge in [-0.25, -0.2) is 0 Å². The van der Waals surface area contributed by atoms with Gasteiger partial charge in [0.2, 0.25) is 0 Å². The largest absolute Gasteiger partial charge is 0.381 e. The first-order valence-corrected chi connectivity index (χ1v) is 6.22. The third-order valence-corrected chi connectivity index (χ3v) is 2.96. The van der Waals surface area contributed by atoms with E-state index < -0.39 is 0 Å². The lowest BCUT2D eigenvalue weighted by atomic mass is 9.97. The van der Waals surface area contributed by atoms with Crippen molar-refractivity contribution in [2.45, 2.75) is 25.7 Å². The van der Waals surface area contributed by atoms with E-state index in [2.05, 4.69) is 24.3 Å². The maximum atomic E-state index is 5.63. The zero-order valence-electron chi connectivity index (χ0n) is 10.3. The van der Waals surface area contributed by atoms with E-state index in [1.54, 1.807) is 0 Å². The lowest BCUT2D eigenvalue weighted by Crippen LogP contribution is -2.30. The maximum absolute atomic E-state index is 5.63. The fraction of sp³-hybridized carbons (Fsp3) is 1.00. The van der Waals surface area contributed by atoms with Gasteiger partial charge in [0.25, 0.3) is 0 Å². The number of hydrogen-bond acceptors (Lipinski definition) is 3. The molecule has 3 heteroatoms. The Kier molecular flexibility index (Phi) is 6.98. The number of nitrogens with one attached hydrogen (secondary N) is 1. The number of ether oxygens (including phenoxy) is 1. The summed E-state index contributed by atoms with van der Waals surface area (Å²) >= 11 is 0. The summed E-state index contributed by atoms with van der Waals surface area (Å²) in [6, 6.07) is 0. The molecule has 0 aromatic heterocycles. The van der Waals surface area contributed by atoms with Gasteiger partial charge in [0, 0.05) is 13.2 Å². The van der Waals surface area contributed by atoms with Crippen molar-refractivity contribution in [1.29, 1.82) is 0 Å². The molecule has 0 aliphatic carbocycles. The highest BCUT2D eigenvalue weighted by atomic mass is 16.5. The Labute approximate surface area is 94.2 Å².